The SMILES string of the molecule is O=C(NCc1ccncc1)C1CC1C(=O)Nc1ccc(F)c(F)c1. The van der Waals surface area contributed by atoms with E-state index >= 15 is 0 Å². The zero-order valence-electron chi connectivity index (χ0n) is 12.6. The van der Waals surface area contributed by atoms with Gasteiger partial charge in [0, 0.05) is 30.7 Å². The lowest BCUT2D eigenvalue weighted by Gasteiger charge is -2.06. The molecule has 1 aliphatic carbocycles. The molecular formula is C17H15F2N3O2. The minimum Gasteiger partial charge on any atom is -0.352 e. The molecule has 1 aromatic heterocycles. The monoisotopic (exact) mass is 331 g/mol. The standard InChI is InChI=1S/C17H15F2N3O2/c18-14-2-1-11(7-15(14)19)22-17(24)13-8-12(13)16(23)21-9-10-3-5-20-6-4-10/h1-7,12-13H,8-9H2,(H,21,23)(H,22,24). The quantitative estimate of drug-likeness (QED) is 0.883. The molecule has 2 atom stereocenters. The van der Waals surface area contributed by atoms with Crippen molar-refractivity contribution in [2.45, 2.75) is 13.0 Å². The fraction of sp³-hybridized carbons (Fsp3) is 0.235. The van der Waals surface area contributed by atoms with Gasteiger partial charge in [0.1, 0.15) is 0 Å². The number of rotatable bonds is 5. The predicted octanol–water partition coefficient (Wildman–Crippen LogP) is 2.25. The highest BCUT2D eigenvalue weighted by molar-refractivity contribution is 5.99. The van der Waals surface area contributed by atoms with E-state index in [1.54, 1.807) is 24.5 Å². The Kier molecular flexibility index (Phi) is 4.50. The maximum Gasteiger partial charge on any atom is 0.228 e. The third-order valence-electron chi connectivity index (χ3n) is 3.87. The predicted molar refractivity (Wildman–Crippen MR) is 82.7 cm³/mol. The average molecular weight is 331 g/mol. The molecule has 2 N–H and O–H groups in total. The van der Waals surface area contributed by atoms with Crippen LogP contribution in [-0.2, 0) is 16.1 Å². The summed E-state index contributed by atoms with van der Waals surface area (Å²) >= 11 is 0. The zero-order chi connectivity index (χ0) is 17.1. The van der Waals surface area contributed by atoms with Crippen LogP contribution in [0.2, 0.25) is 0 Å². The van der Waals surface area contributed by atoms with E-state index in [-0.39, 0.29) is 17.5 Å². The van der Waals surface area contributed by atoms with Crippen LogP contribution in [0.3, 0.4) is 0 Å². The smallest absolute Gasteiger partial charge is 0.228 e. The average Bonchev–Trinajstić information content (AvgIpc) is 3.38. The van der Waals surface area contributed by atoms with E-state index in [1.165, 1.54) is 6.07 Å². The van der Waals surface area contributed by atoms with Gasteiger partial charge < -0.3 is 10.6 Å². The zero-order valence-corrected chi connectivity index (χ0v) is 12.6. The molecule has 1 aromatic carbocycles. The molecule has 0 aliphatic heterocycles. The van der Waals surface area contributed by atoms with Gasteiger partial charge in [-0.05, 0) is 36.2 Å². The normalized spacial score (nSPS) is 18.8. The maximum absolute atomic E-state index is 13.1. The van der Waals surface area contributed by atoms with Crippen LogP contribution in [0.1, 0.15) is 12.0 Å². The molecule has 2 aromatic rings. The molecule has 1 saturated carbocycles. The summed E-state index contributed by atoms with van der Waals surface area (Å²) < 4.78 is 26.0. The van der Waals surface area contributed by atoms with Gasteiger partial charge in [0.15, 0.2) is 11.6 Å². The summed E-state index contributed by atoms with van der Waals surface area (Å²) in [4.78, 5) is 28.0. The Bertz CT molecular complexity index is 768. The number of nitrogens with zero attached hydrogens (tertiary/aromatic N) is 1. The molecule has 5 nitrogen and oxygen atoms in total. The first-order chi connectivity index (χ1) is 11.5. The van der Waals surface area contributed by atoms with E-state index < -0.39 is 23.5 Å². The summed E-state index contributed by atoms with van der Waals surface area (Å²) in [5.74, 6) is -3.42. The second-order valence-corrected chi connectivity index (χ2v) is 5.64. The van der Waals surface area contributed by atoms with E-state index in [9.17, 15) is 18.4 Å². The molecule has 0 bridgehead atoms. The number of amides is 2. The fourth-order valence-electron chi connectivity index (χ4n) is 2.40. The highest BCUT2D eigenvalue weighted by Crippen LogP contribution is 2.39. The largest absolute Gasteiger partial charge is 0.352 e. The Hall–Kier alpha value is -2.83. The second kappa shape index (κ2) is 6.74. The number of anilines is 1. The molecule has 1 aliphatic rings. The summed E-state index contributed by atoms with van der Waals surface area (Å²) in [6, 6.07) is 6.71. The lowest BCUT2D eigenvalue weighted by atomic mass is 10.2. The Morgan fingerprint density at radius 2 is 1.75 bits per heavy atom. The summed E-state index contributed by atoms with van der Waals surface area (Å²) in [7, 11) is 0. The van der Waals surface area contributed by atoms with Crippen molar-refractivity contribution in [1.29, 1.82) is 0 Å². The molecule has 7 heteroatoms. The molecule has 2 unspecified atom stereocenters. The van der Waals surface area contributed by atoms with Crippen LogP contribution < -0.4 is 10.6 Å². The highest BCUT2D eigenvalue weighted by atomic mass is 19.2. The van der Waals surface area contributed by atoms with E-state index in [4.69, 9.17) is 0 Å². The number of carbonyl (C=O) groups is 2. The Morgan fingerprint density at radius 3 is 2.46 bits per heavy atom. The second-order valence-electron chi connectivity index (χ2n) is 5.64. The number of hydrogen-bond acceptors (Lipinski definition) is 3. The van der Waals surface area contributed by atoms with Gasteiger partial charge in [0.2, 0.25) is 11.8 Å². The summed E-state index contributed by atoms with van der Waals surface area (Å²) in [6.45, 7) is 0.370. The molecule has 0 radical (unpaired) electrons. The highest BCUT2D eigenvalue weighted by Gasteiger charge is 2.47. The number of nitrogens with one attached hydrogen (secondary N) is 2. The van der Waals surface area contributed by atoms with E-state index in [2.05, 4.69) is 15.6 Å². The van der Waals surface area contributed by atoms with Crippen LogP contribution in [-0.4, -0.2) is 16.8 Å². The Morgan fingerprint density at radius 1 is 1.04 bits per heavy atom. The summed E-state index contributed by atoms with van der Waals surface area (Å²) in [5.41, 5.74) is 1.09. The van der Waals surface area contributed by atoms with Gasteiger partial charge in [0.25, 0.3) is 0 Å². The lowest BCUT2D eigenvalue weighted by Crippen LogP contribution is -2.27. The van der Waals surface area contributed by atoms with E-state index in [0.717, 1.165) is 17.7 Å². The Labute approximate surface area is 137 Å². The van der Waals surface area contributed by atoms with Crippen LogP contribution in [0, 0.1) is 23.5 Å². The van der Waals surface area contributed by atoms with Crippen molar-refractivity contribution in [1.82, 2.24) is 10.3 Å². The molecule has 2 amide bonds. The molecule has 0 spiro atoms. The van der Waals surface area contributed by atoms with Crippen LogP contribution in [0.5, 0.6) is 0 Å². The van der Waals surface area contributed by atoms with Crippen molar-refractivity contribution in [2.24, 2.45) is 11.8 Å². The van der Waals surface area contributed by atoms with Crippen LogP contribution in [0.15, 0.2) is 42.7 Å². The van der Waals surface area contributed by atoms with Crippen molar-refractivity contribution >= 4 is 17.5 Å². The van der Waals surface area contributed by atoms with Crippen LogP contribution >= 0.6 is 0 Å². The molecule has 1 heterocycles. The minimum absolute atomic E-state index is 0.168. The molecule has 1 fully saturated rings. The topological polar surface area (TPSA) is 71.1 Å². The molecule has 24 heavy (non-hydrogen) atoms. The van der Waals surface area contributed by atoms with Crippen molar-refractivity contribution in [3.05, 3.63) is 59.9 Å². The van der Waals surface area contributed by atoms with Gasteiger partial charge in [-0.25, -0.2) is 8.78 Å². The van der Waals surface area contributed by atoms with Crippen molar-refractivity contribution < 1.29 is 18.4 Å². The first-order valence-corrected chi connectivity index (χ1v) is 7.47. The third kappa shape index (κ3) is 3.73. The van der Waals surface area contributed by atoms with Gasteiger partial charge in [-0.3, -0.25) is 14.6 Å². The summed E-state index contributed by atoms with van der Waals surface area (Å²) in [5, 5.41) is 5.27. The number of carbonyl (C=O) groups excluding carboxylic acids is 2. The summed E-state index contributed by atoms with van der Waals surface area (Å²) in [6.07, 6.45) is 3.71. The first kappa shape index (κ1) is 16.0. The van der Waals surface area contributed by atoms with Crippen molar-refractivity contribution in [3.63, 3.8) is 0 Å². The van der Waals surface area contributed by atoms with Gasteiger partial charge in [-0.15, -0.1) is 0 Å². The number of benzene rings is 1. The van der Waals surface area contributed by atoms with Gasteiger partial charge in [-0.2, -0.15) is 0 Å². The van der Waals surface area contributed by atoms with Gasteiger partial charge in [0.05, 0.1) is 11.8 Å². The van der Waals surface area contributed by atoms with Crippen LogP contribution in [0.25, 0.3) is 0 Å². The van der Waals surface area contributed by atoms with Gasteiger partial charge in [-0.1, -0.05) is 0 Å². The fourth-order valence-corrected chi connectivity index (χ4v) is 2.40. The lowest BCUT2D eigenvalue weighted by molar-refractivity contribution is -0.125. The number of hydrogen-bond donors (Lipinski definition) is 2. The minimum atomic E-state index is -1.03. The van der Waals surface area contributed by atoms with Crippen molar-refractivity contribution in [3.8, 4) is 0 Å². The van der Waals surface area contributed by atoms with Crippen molar-refractivity contribution in [2.75, 3.05) is 5.32 Å². The molecular weight excluding hydrogens is 316 g/mol. The van der Waals surface area contributed by atoms with Crippen LogP contribution in [0.4, 0.5) is 14.5 Å². The van der Waals surface area contributed by atoms with Gasteiger partial charge >= 0.3 is 0 Å². The molecule has 124 valence electrons. The van der Waals surface area contributed by atoms with E-state index in [1.807, 2.05) is 0 Å². The third-order valence-corrected chi connectivity index (χ3v) is 3.87. The van der Waals surface area contributed by atoms with E-state index in [0.29, 0.717) is 13.0 Å². The number of halogens is 2. The number of aromatic nitrogens is 1. The maximum atomic E-state index is 13.1. The first-order valence-electron chi connectivity index (χ1n) is 7.47. The molecule has 3 rings (SSSR count). The Balaban J connectivity index is 1.49. The number of pyridine rings is 1. The molecule has 0 saturated heterocycles.